The number of phenols is 2. The van der Waals surface area contributed by atoms with E-state index in [-0.39, 0.29) is 70.6 Å². The molecule has 0 unspecified atom stereocenters. The maximum Gasteiger partial charge on any atom is 0.340 e. The predicted octanol–water partition coefficient (Wildman–Crippen LogP) is 5.32. The Hall–Kier alpha value is 1.45. The van der Waals surface area contributed by atoms with Crippen LogP contribution >= 0.6 is 90.4 Å². The fourth-order valence-corrected chi connectivity index (χ4v) is 7.35. The Morgan fingerprint density at radius 1 is 0.774 bits per heavy atom. The number of esters is 1. The molecule has 0 fully saturated rings. The van der Waals surface area contributed by atoms with Crippen LogP contribution in [0.4, 0.5) is 0 Å². The van der Waals surface area contributed by atoms with Gasteiger partial charge in [-0.3, -0.25) is 0 Å². The molecule has 11 heteroatoms. The second kappa shape index (κ2) is 9.84. The molecule has 2 N–H and O–H groups in total. The van der Waals surface area contributed by atoms with Gasteiger partial charge in [0, 0.05) is 64.7 Å². The van der Waals surface area contributed by atoms with Crippen molar-refractivity contribution in [3.63, 3.8) is 0 Å². The van der Waals surface area contributed by atoms with Gasteiger partial charge in [-0.2, -0.15) is 0 Å². The molecule has 2 aliphatic rings. The molecule has 0 atom stereocenters. The number of fused-ring (bicyclic) bond motifs is 6. The molecule has 0 saturated heterocycles. The summed E-state index contributed by atoms with van der Waals surface area (Å²) >= 11 is 8.17. The Bertz CT molecular complexity index is 1200. The van der Waals surface area contributed by atoms with Crippen molar-refractivity contribution in [2.45, 2.75) is 5.60 Å². The fraction of sp³-hybridized carbons (Fsp3) is 0.0500. The number of hydrogen-bond donors (Lipinski definition) is 2. The van der Waals surface area contributed by atoms with Crippen molar-refractivity contribution in [2.24, 2.45) is 0 Å². The third-order valence-corrected chi connectivity index (χ3v) is 8.68. The van der Waals surface area contributed by atoms with Gasteiger partial charge in [0.05, 0.1) is 31.0 Å². The second-order valence-corrected chi connectivity index (χ2v) is 11.0. The number of rotatable bonds is 0. The van der Waals surface area contributed by atoms with E-state index < -0.39 is 11.6 Å². The summed E-state index contributed by atoms with van der Waals surface area (Å²) in [7, 11) is 0. The first kappa shape index (κ1) is 27.0. The molecule has 2 radical (unpaired) electrons. The van der Waals surface area contributed by atoms with Crippen molar-refractivity contribution in [1.29, 1.82) is 0 Å². The van der Waals surface area contributed by atoms with Gasteiger partial charge in [0.1, 0.15) is 11.5 Å². The van der Waals surface area contributed by atoms with Crippen LogP contribution in [0.2, 0.25) is 0 Å². The Kier molecular flexibility index (Phi) is 8.58. The van der Waals surface area contributed by atoms with Crippen LogP contribution in [0.15, 0.2) is 36.4 Å². The van der Waals surface area contributed by atoms with E-state index in [0.29, 0.717) is 48.0 Å². The van der Waals surface area contributed by atoms with E-state index in [0.717, 1.165) is 0 Å². The van der Waals surface area contributed by atoms with Crippen LogP contribution < -0.4 is 4.74 Å². The summed E-state index contributed by atoms with van der Waals surface area (Å²) in [5.41, 5.74) is 1.27. The van der Waals surface area contributed by atoms with E-state index in [1.165, 1.54) is 0 Å². The molecule has 5 rings (SSSR count). The standard InChI is InChI=1S/C20H8I4O5.2Na/c21-11-5-9-17(13(23)15(11)25)28-18-10(6-12(22)16(26)14(18)24)20(9)8-4-2-1-3-7(8)19(27)29-20;;/h1-6,25-26H;;. The van der Waals surface area contributed by atoms with Crippen molar-refractivity contribution in [3.8, 4) is 23.0 Å². The zero-order valence-corrected chi connectivity index (χ0v) is 28.7. The third-order valence-electron chi connectivity index (χ3n) is 5.03. The third kappa shape index (κ3) is 3.92. The molecule has 31 heavy (non-hydrogen) atoms. The Balaban J connectivity index is 0.00000136. The molecule has 3 aromatic carbocycles. The molecule has 2 aliphatic heterocycles. The quantitative estimate of drug-likeness (QED) is 0.182. The monoisotopic (exact) mass is 882 g/mol. The zero-order valence-electron chi connectivity index (χ0n) is 16.1. The summed E-state index contributed by atoms with van der Waals surface area (Å²) in [6, 6.07) is 10.9. The summed E-state index contributed by atoms with van der Waals surface area (Å²) in [5, 5.41) is 21.0. The Labute approximate surface area is 276 Å². The predicted molar refractivity (Wildman–Crippen MR) is 150 cm³/mol. The van der Waals surface area contributed by atoms with Gasteiger partial charge in [0.15, 0.2) is 17.1 Å². The average molecular weight is 882 g/mol. The van der Waals surface area contributed by atoms with E-state index in [2.05, 4.69) is 45.2 Å². The largest absolute Gasteiger partial charge is 0.506 e. The number of carbonyl (C=O) groups excluding carboxylic acids is 1. The van der Waals surface area contributed by atoms with Crippen LogP contribution in [0.3, 0.4) is 0 Å². The second-order valence-electron chi connectivity index (χ2n) is 6.51. The SMILES string of the molecule is O=C1OC2(c3ccccc31)c1cc(I)c(O)c(I)c1Oc1c2cc(I)c(O)c1I.[Na].[Na]. The van der Waals surface area contributed by atoms with Crippen LogP contribution in [0.5, 0.6) is 23.0 Å². The maximum absolute atomic E-state index is 12.9. The summed E-state index contributed by atoms with van der Waals surface area (Å²) < 4.78 is 14.6. The molecule has 0 aromatic heterocycles. The molecule has 2 heterocycles. The first-order valence-electron chi connectivity index (χ1n) is 8.21. The molecule has 148 valence electrons. The molecular weight excluding hydrogens is 874 g/mol. The Morgan fingerprint density at radius 2 is 1.26 bits per heavy atom. The number of hydrogen-bond acceptors (Lipinski definition) is 5. The normalized spacial score (nSPS) is 14.4. The van der Waals surface area contributed by atoms with Gasteiger partial charge < -0.3 is 19.7 Å². The first-order valence-corrected chi connectivity index (χ1v) is 12.5. The average Bonchev–Trinajstić information content (AvgIpc) is 3.00. The summed E-state index contributed by atoms with van der Waals surface area (Å²) in [6.07, 6.45) is 0. The minimum Gasteiger partial charge on any atom is -0.506 e. The number of carbonyl (C=O) groups is 1. The van der Waals surface area contributed by atoms with Crippen molar-refractivity contribution in [3.05, 3.63) is 72.9 Å². The zero-order chi connectivity index (χ0) is 20.7. The van der Waals surface area contributed by atoms with Gasteiger partial charge in [-0.1, -0.05) is 18.2 Å². The van der Waals surface area contributed by atoms with E-state index in [1.807, 2.05) is 57.3 Å². The van der Waals surface area contributed by atoms with Gasteiger partial charge in [-0.25, -0.2) is 4.79 Å². The molecule has 5 nitrogen and oxygen atoms in total. The molecular formula is C20H8I4Na2O5. The van der Waals surface area contributed by atoms with E-state index in [9.17, 15) is 15.0 Å². The fourth-order valence-electron chi connectivity index (χ4n) is 3.77. The van der Waals surface area contributed by atoms with Gasteiger partial charge in [-0.15, -0.1) is 0 Å². The minimum atomic E-state index is -1.22. The van der Waals surface area contributed by atoms with Gasteiger partial charge in [0.25, 0.3) is 0 Å². The number of halogens is 4. The summed E-state index contributed by atoms with van der Waals surface area (Å²) in [5.74, 6) is 0.616. The van der Waals surface area contributed by atoms with Crippen LogP contribution in [-0.2, 0) is 10.3 Å². The van der Waals surface area contributed by atoms with E-state index in [1.54, 1.807) is 24.3 Å². The van der Waals surface area contributed by atoms with Crippen molar-refractivity contribution in [2.75, 3.05) is 0 Å². The van der Waals surface area contributed by atoms with Crippen molar-refractivity contribution in [1.82, 2.24) is 0 Å². The molecule has 1 spiro atoms. The summed E-state index contributed by atoms with van der Waals surface area (Å²) in [4.78, 5) is 12.9. The maximum atomic E-state index is 12.9. The molecule has 0 bridgehead atoms. The number of benzene rings is 3. The van der Waals surface area contributed by atoms with Gasteiger partial charge in [-0.05, 0) is 109 Å². The van der Waals surface area contributed by atoms with Crippen LogP contribution in [0.1, 0.15) is 27.0 Å². The number of aromatic hydroxyl groups is 2. The van der Waals surface area contributed by atoms with Crippen molar-refractivity contribution < 1.29 is 24.5 Å². The Morgan fingerprint density at radius 3 is 1.77 bits per heavy atom. The van der Waals surface area contributed by atoms with E-state index >= 15 is 0 Å². The summed E-state index contributed by atoms with van der Waals surface area (Å²) in [6.45, 7) is 0. The molecule has 0 aliphatic carbocycles. The molecule has 0 saturated carbocycles. The first-order chi connectivity index (χ1) is 13.8. The van der Waals surface area contributed by atoms with Crippen LogP contribution in [0.25, 0.3) is 0 Å². The smallest absolute Gasteiger partial charge is 0.340 e. The minimum absolute atomic E-state index is 0. The number of phenolic OH excluding ortho intramolecular Hbond substituents is 2. The van der Waals surface area contributed by atoms with Gasteiger partial charge in [0.2, 0.25) is 0 Å². The van der Waals surface area contributed by atoms with E-state index in [4.69, 9.17) is 9.47 Å². The van der Waals surface area contributed by atoms with Crippen LogP contribution in [0, 0.1) is 14.3 Å². The molecule has 3 aromatic rings. The number of ether oxygens (including phenoxy) is 2. The molecule has 0 amide bonds. The topological polar surface area (TPSA) is 76.0 Å². The van der Waals surface area contributed by atoms with Gasteiger partial charge >= 0.3 is 5.97 Å². The van der Waals surface area contributed by atoms with Crippen LogP contribution in [-0.4, -0.2) is 75.3 Å². The van der Waals surface area contributed by atoms with Crippen molar-refractivity contribution >= 4 is 155 Å².